The van der Waals surface area contributed by atoms with Gasteiger partial charge in [0.1, 0.15) is 0 Å². The Kier molecular flexibility index (Phi) is 6.23. The number of anilines is 2. The van der Waals surface area contributed by atoms with Crippen LogP contribution in [0, 0.1) is 5.92 Å². The summed E-state index contributed by atoms with van der Waals surface area (Å²) < 4.78 is 37.1. The predicted molar refractivity (Wildman–Crippen MR) is 85.6 cm³/mol. The molecule has 0 heterocycles. The number of nitrogens with one attached hydrogen (secondary N) is 2. The molecule has 0 bridgehead atoms. The molecule has 24 heavy (non-hydrogen) atoms. The van der Waals surface area contributed by atoms with Gasteiger partial charge in [0, 0.05) is 6.42 Å². The van der Waals surface area contributed by atoms with Crippen molar-refractivity contribution in [1.82, 2.24) is 0 Å². The molecule has 0 radical (unpaired) electrons. The Morgan fingerprint density at radius 3 is 2.17 bits per heavy atom. The summed E-state index contributed by atoms with van der Waals surface area (Å²) in [5.74, 6) is -1.77. The maximum Gasteiger partial charge on any atom is 0.471 e. The van der Waals surface area contributed by atoms with Crippen molar-refractivity contribution >= 4 is 23.2 Å². The van der Waals surface area contributed by atoms with Gasteiger partial charge in [-0.1, -0.05) is 44.2 Å². The maximum atomic E-state index is 12.4. The van der Waals surface area contributed by atoms with Gasteiger partial charge in [0.2, 0.25) is 5.91 Å². The van der Waals surface area contributed by atoms with Crippen LogP contribution >= 0.6 is 0 Å². The highest BCUT2D eigenvalue weighted by Gasteiger charge is 2.39. The van der Waals surface area contributed by atoms with E-state index in [-0.39, 0.29) is 17.3 Å². The minimum Gasteiger partial charge on any atom is -0.324 e. The Labute approximate surface area is 138 Å². The molecule has 0 atom stereocenters. The molecule has 1 fully saturated rings. The summed E-state index contributed by atoms with van der Waals surface area (Å²) in [7, 11) is 0. The highest BCUT2D eigenvalue weighted by Crippen LogP contribution is 2.28. The van der Waals surface area contributed by atoms with E-state index in [1.165, 1.54) is 37.5 Å². The van der Waals surface area contributed by atoms with E-state index in [4.69, 9.17) is 0 Å². The molecule has 1 aliphatic carbocycles. The zero-order valence-corrected chi connectivity index (χ0v) is 13.3. The van der Waals surface area contributed by atoms with Crippen LogP contribution in [-0.4, -0.2) is 18.0 Å². The van der Waals surface area contributed by atoms with Crippen molar-refractivity contribution in [2.75, 3.05) is 10.6 Å². The van der Waals surface area contributed by atoms with Crippen LogP contribution in [0.1, 0.15) is 44.9 Å². The van der Waals surface area contributed by atoms with Gasteiger partial charge in [-0.3, -0.25) is 9.59 Å². The first-order valence-electron chi connectivity index (χ1n) is 8.13. The quantitative estimate of drug-likeness (QED) is 0.828. The van der Waals surface area contributed by atoms with Crippen LogP contribution in [0.3, 0.4) is 0 Å². The van der Waals surface area contributed by atoms with Crippen molar-refractivity contribution in [3.05, 3.63) is 24.3 Å². The van der Waals surface area contributed by atoms with Crippen LogP contribution in [0.2, 0.25) is 0 Å². The first kappa shape index (κ1) is 18.3. The summed E-state index contributed by atoms with van der Waals surface area (Å²) in [6.07, 6.45) is 2.02. The van der Waals surface area contributed by atoms with Gasteiger partial charge in [0.25, 0.3) is 0 Å². The second-order valence-corrected chi connectivity index (χ2v) is 6.09. The molecule has 132 valence electrons. The summed E-state index contributed by atoms with van der Waals surface area (Å²) in [6.45, 7) is 0. The van der Waals surface area contributed by atoms with E-state index in [9.17, 15) is 22.8 Å². The monoisotopic (exact) mass is 342 g/mol. The van der Waals surface area contributed by atoms with Crippen molar-refractivity contribution < 1.29 is 22.8 Å². The van der Waals surface area contributed by atoms with Crippen LogP contribution in [-0.2, 0) is 9.59 Å². The Morgan fingerprint density at radius 1 is 1.00 bits per heavy atom. The summed E-state index contributed by atoms with van der Waals surface area (Å²) in [5.41, 5.74) is 0.106. The van der Waals surface area contributed by atoms with Gasteiger partial charge in [0.05, 0.1) is 11.4 Å². The van der Waals surface area contributed by atoms with Crippen molar-refractivity contribution in [1.29, 1.82) is 0 Å². The number of para-hydroxylation sites is 2. The van der Waals surface area contributed by atoms with E-state index in [1.54, 1.807) is 11.4 Å². The Bertz CT molecular complexity index is 581. The minimum atomic E-state index is -4.97. The number of alkyl halides is 3. The van der Waals surface area contributed by atoms with E-state index in [2.05, 4.69) is 5.32 Å². The van der Waals surface area contributed by atoms with Crippen molar-refractivity contribution in [2.45, 2.75) is 51.1 Å². The molecule has 1 aromatic rings. The number of hydrogen-bond donors (Lipinski definition) is 2. The highest BCUT2D eigenvalue weighted by atomic mass is 19.4. The van der Waals surface area contributed by atoms with E-state index in [1.807, 2.05) is 0 Å². The van der Waals surface area contributed by atoms with E-state index in [0.29, 0.717) is 12.3 Å². The molecule has 0 unspecified atom stereocenters. The molecule has 2 rings (SSSR count). The number of amides is 2. The Morgan fingerprint density at radius 2 is 1.58 bits per heavy atom. The number of rotatable bonds is 5. The standard InChI is InChI=1S/C17H21F3N2O2/c18-17(19,20)16(24)22-14-9-5-4-8-13(14)21-15(23)11-10-12-6-2-1-3-7-12/h4-5,8-9,12H,1-3,6-7,10-11H2,(H,21,23)(H,22,24). The lowest BCUT2D eigenvalue weighted by atomic mass is 9.86. The average molecular weight is 342 g/mol. The molecule has 0 aromatic heterocycles. The van der Waals surface area contributed by atoms with Crippen LogP contribution < -0.4 is 10.6 Å². The molecule has 0 spiro atoms. The zero-order chi connectivity index (χ0) is 17.6. The van der Waals surface area contributed by atoms with Gasteiger partial charge >= 0.3 is 12.1 Å². The molecule has 1 aliphatic rings. The smallest absolute Gasteiger partial charge is 0.324 e. The molecule has 7 heteroatoms. The minimum absolute atomic E-state index is 0.0640. The number of halogens is 3. The van der Waals surface area contributed by atoms with Gasteiger partial charge in [-0.25, -0.2) is 0 Å². The topological polar surface area (TPSA) is 58.2 Å². The van der Waals surface area contributed by atoms with Crippen molar-refractivity contribution in [2.24, 2.45) is 5.92 Å². The van der Waals surface area contributed by atoms with Crippen LogP contribution in [0.15, 0.2) is 24.3 Å². The van der Waals surface area contributed by atoms with Gasteiger partial charge in [-0.05, 0) is 24.5 Å². The van der Waals surface area contributed by atoms with Gasteiger partial charge in [-0.15, -0.1) is 0 Å². The normalized spacial score (nSPS) is 15.8. The summed E-state index contributed by atoms with van der Waals surface area (Å²) in [5, 5.41) is 4.37. The Hall–Kier alpha value is -2.05. The summed E-state index contributed by atoms with van der Waals surface area (Å²) in [4.78, 5) is 23.1. The fourth-order valence-corrected chi connectivity index (χ4v) is 2.92. The molecule has 1 saturated carbocycles. The lowest BCUT2D eigenvalue weighted by molar-refractivity contribution is -0.167. The van der Waals surface area contributed by atoms with E-state index in [0.717, 1.165) is 19.3 Å². The lowest BCUT2D eigenvalue weighted by Crippen LogP contribution is -2.30. The second kappa shape index (κ2) is 8.17. The molecule has 1 aromatic carbocycles. The van der Waals surface area contributed by atoms with Crippen molar-refractivity contribution in [3.63, 3.8) is 0 Å². The fourth-order valence-electron chi connectivity index (χ4n) is 2.92. The van der Waals surface area contributed by atoms with Gasteiger partial charge in [-0.2, -0.15) is 13.2 Å². The predicted octanol–water partition coefficient (Wildman–Crippen LogP) is 4.49. The third-order valence-corrected chi connectivity index (χ3v) is 4.21. The molecule has 0 aliphatic heterocycles. The molecular formula is C17H21F3N2O2. The highest BCUT2D eigenvalue weighted by molar-refractivity contribution is 6.01. The van der Waals surface area contributed by atoms with Crippen molar-refractivity contribution in [3.8, 4) is 0 Å². The number of carbonyl (C=O) groups excluding carboxylic acids is 2. The zero-order valence-electron chi connectivity index (χ0n) is 13.3. The number of hydrogen-bond acceptors (Lipinski definition) is 2. The molecule has 2 N–H and O–H groups in total. The first-order chi connectivity index (χ1) is 11.4. The molecule has 0 saturated heterocycles. The molecule has 2 amide bonds. The first-order valence-corrected chi connectivity index (χ1v) is 8.13. The third kappa shape index (κ3) is 5.54. The molecule has 4 nitrogen and oxygen atoms in total. The third-order valence-electron chi connectivity index (χ3n) is 4.21. The number of carbonyl (C=O) groups is 2. The van der Waals surface area contributed by atoms with Crippen LogP contribution in [0.4, 0.5) is 24.5 Å². The van der Waals surface area contributed by atoms with Crippen LogP contribution in [0.25, 0.3) is 0 Å². The summed E-state index contributed by atoms with van der Waals surface area (Å²) in [6, 6.07) is 5.86. The van der Waals surface area contributed by atoms with Crippen LogP contribution in [0.5, 0.6) is 0 Å². The second-order valence-electron chi connectivity index (χ2n) is 6.09. The summed E-state index contributed by atoms with van der Waals surface area (Å²) >= 11 is 0. The fraction of sp³-hybridized carbons (Fsp3) is 0.529. The SMILES string of the molecule is O=C(CCC1CCCCC1)Nc1ccccc1NC(=O)C(F)(F)F. The van der Waals surface area contributed by atoms with Gasteiger partial charge in [0.15, 0.2) is 0 Å². The van der Waals surface area contributed by atoms with E-state index < -0.39 is 12.1 Å². The molecular weight excluding hydrogens is 321 g/mol. The largest absolute Gasteiger partial charge is 0.471 e. The number of benzene rings is 1. The lowest BCUT2D eigenvalue weighted by Gasteiger charge is -2.21. The average Bonchev–Trinajstić information content (AvgIpc) is 2.55. The maximum absolute atomic E-state index is 12.4. The van der Waals surface area contributed by atoms with Gasteiger partial charge < -0.3 is 10.6 Å². The van der Waals surface area contributed by atoms with E-state index >= 15 is 0 Å². The Balaban J connectivity index is 1.91.